The number of hydrogen-bond acceptors (Lipinski definition) is 4. The molecule has 0 bridgehead atoms. The van der Waals surface area contributed by atoms with E-state index in [4.69, 9.17) is 4.74 Å². The number of Topliss-reactive ketones (excluding diaryl/α,β-unsaturated/α-hetero) is 1. The van der Waals surface area contributed by atoms with Crippen LogP contribution in [0.4, 0.5) is 0 Å². The zero-order valence-corrected chi connectivity index (χ0v) is 15.1. The van der Waals surface area contributed by atoms with Crippen LogP contribution in [0.15, 0.2) is 0 Å². The molecule has 1 unspecified atom stereocenters. The van der Waals surface area contributed by atoms with Crippen LogP contribution in [0.5, 0.6) is 0 Å². The maximum atomic E-state index is 13.4. The number of carbonyl (C=O) groups excluding carboxylic acids is 2. The first-order valence-electron chi connectivity index (χ1n) is 10.2. The summed E-state index contributed by atoms with van der Waals surface area (Å²) in [5, 5.41) is 0. The van der Waals surface area contributed by atoms with Crippen LogP contribution in [0.2, 0.25) is 0 Å². The molecule has 4 heteroatoms. The van der Waals surface area contributed by atoms with Crippen LogP contribution in [0, 0.1) is 5.92 Å². The lowest BCUT2D eigenvalue weighted by Crippen LogP contribution is -2.63. The zero-order chi connectivity index (χ0) is 16.8. The number of rotatable bonds is 2. The van der Waals surface area contributed by atoms with E-state index in [-0.39, 0.29) is 5.97 Å². The smallest absolute Gasteiger partial charge is 0.320 e. The lowest BCUT2D eigenvalue weighted by molar-refractivity contribution is -0.161. The fraction of sp³-hybridized carbons (Fsp3) is 0.900. The number of ether oxygens (including phenoxy) is 1. The summed E-state index contributed by atoms with van der Waals surface area (Å²) >= 11 is 0. The number of cyclic esters (lactones) is 1. The highest BCUT2D eigenvalue weighted by Gasteiger charge is 2.49. The molecule has 2 aliphatic carbocycles. The molecule has 2 saturated carbocycles. The molecule has 0 aromatic rings. The van der Waals surface area contributed by atoms with Crippen molar-refractivity contribution in [2.75, 3.05) is 19.7 Å². The summed E-state index contributed by atoms with van der Waals surface area (Å²) in [6, 6.07) is 0. The summed E-state index contributed by atoms with van der Waals surface area (Å²) in [4.78, 5) is 27.6. The highest BCUT2D eigenvalue weighted by Crippen LogP contribution is 2.42. The Morgan fingerprint density at radius 3 is 2.29 bits per heavy atom. The van der Waals surface area contributed by atoms with E-state index in [9.17, 15) is 9.59 Å². The predicted octanol–water partition coefficient (Wildman–Crippen LogP) is 3.87. The van der Waals surface area contributed by atoms with E-state index in [1.165, 1.54) is 44.9 Å². The Labute approximate surface area is 146 Å². The first-order valence-corrected chi connectivity index (χ1v) is 10.2. The van der Waals surface area contributed by atoms with Crippen LogP contribution in [0.1, 0.15) is 83.5 Å². The Hall–Kier alpha value is -0.900. The third-order valence-corrected chi connectivity index (χ3v) is 6.48. The molecular formula is C20H33NO3. The summed E-state index contributed by atoms with van der Waals surface area (Å²) < 4.78 is 5.18. The van der Waals surface area contributed by atoms with Crippen molar-refractivity contribution in [3.63, 3.8) is 0 Å². The molecule has 1 atom stereocenters. The average Bonchev–Trinajstić information content (AvgIpc) is 2.53. The van der Waals surface area contributed by atoms with Gasteiger partial charge in [0.15, 0.2) is 5.78 Å². The second-order valence-electron chi connectivity index (χ2n) is 7.95. The van der Waals surface area contributed by atoms with E-state index >= 15 is 0 Å². The van der Waals surface area contributed by atoms with Crippen molar-refractivity contribution < 1.29 is 14.3 Å². The molecule has 3 fully saturated rings. The van der Waals surface area contributed by atoms with Crippen molar-refractivity contribution in [2.45, 2.75) is 89.0 Å². The van der Waals surface area contributed by atoms with Gasteiger partial charge in [-0.2, -0.15) is 0 Å². The van der Waals surface area contributed by atoms with Crippen LogP contribution in [-0.4, -0.2) is 41.9 Å². The van der Waals surface area contributed by atoms with Gasteiger partial charge in [0.1, 0.15) is 6.61 Å². The zero-order valence-electron chi connectivity index (χ0n) is 15.1. The molecule has 3 rings (SSSR count). The molecule has 1 saturated heterocycles. The lowest BCUT2D eigenvalue weighted by atomic mass is 9.68. The lowest BCUT2D eigenvalue weighted by Gasteiger charge is -2.50. The van der Waals surface area contributed by atoms with E-state index in [1.807, 2.05) is 0 Å². The Bertz CT molecular complexity index is 442. The second-order valence-corrected chi connectivity index (χ2v) is 7.95. The maximum absolute atomic E-state index is 13.4. The average molecular weight is 335 g/mol. The summed E-state index contributed by atoms with van der Waals surface area (Å²) in [5.41, 5.74) is -0.392. The minimum atomic E-state index is -0.392. The van der Waals surface area contributed by atoms with Crippen LogP contribution < -0.4 is 0 Å². The summed E-state index contributed by atoms with van der Waals surface area (Å²) in [6.45, 7) is 1.48. The van der Waals surface area contributed by atoms with Crippen molar-refractivity contribution in [3.05, 3.63) is 0 Å². The van der Waals surface area contributed by atoms with E-state index in [0.717, 1.165) is 38.6 Å². The summed E-state index contributed by atoms with van der Waals surface area (Å²) in [7, 11) is 0. The van der Waals surface area contributed by atoms with E-state index in [0.29, 0.717) is 31.3 Å². The molecule has 0 radical (unpaired) electrons. The van der Waals surface area contributed by atoms with Gasteiger partial charge in [0.25, 0.3) is 0 Å². The molecule has 0 N–H and O–H groups in total. The third-order valence-electron chi connectivity index (χ3n) is 6.48. The minimum Gasteiger partial charge on any atom is -0.463 e. The van der Waals surface area contributed by atoms with Gasteiger partial charge >= 0.3 is 5.97 Å². The minimum absolute atomic E-state index is 0.152. The van der Waals surface area contributed by atoms with Crippen LogP contribution in [-0.2, 0) is 14.3 Å². The summed E-state index contributed by atoms with van der Waals surface area (Å²) in [5.74, 6) is 0.693. The Kier molecular flexibility index (Phi) is 6.31. The predicted molar refractivity (Wildman–Crippen MR) is 93.8 cm³/mol. The van der Waals surface area contributed by atoms with Crippen molar-refractivity contribution >= 4 is 11.8 Å². The van der Waals surface area contributed by atoms with Gasteiger partial charge < -0.3 is 4.74 Å². The highest BCUT2D eigenvalue weighted by molar-refractivity contribution is 5.89. The molecule has 0 aromatic carbocycles. The summed E-state index contributed by atoms with van der Waals surface area (Å²) in [6.07, 6.45) is 14.9. The standard InChI is InChI=1S/C20H33NO3/c22-18-12-8-4-5-9-13-20(18,21-14-15-24-19(23)16-21)17-10-6-2-1-3-7-11-17/h17H,1-16H2. The molecule has 3 aliphatic rings. The number of nitrogens with zero attached hydrogens (tertiary/aromatic N) is 1. The largest absolute Gasteiger partial charge is 0.463 e. The normalized spacial score (nSPS) is 32.3. The fourth-order valence-electron chi connectivity index (χ4n) is 5.24. The van der Waals surface area contributed by atoms with Crippen LogP contribution in [0.3, 0.4) is 0 Å². The molecule has 24 heavy (non-hydrogen) atoms. The maximum Gasteiger partial charge on any atom is 0.320 e. The second kappa shape index (κ2) is 8.46. The Balaban J connectivity index is 1.90. The Morgan fingerprint density at radius 2 is 1.54 bits per heavy atom. The van der Waals surface area contributed by atoms with Gasteiger partial charge in [-0.25, -0.2) is 0 Å². The molecule has 1 heterocycles. The monoisotopic (exact) mass is 335 g/mol. The fourth-order valence-corrected chi connectivity index (χ4v) is 5.24. The molecule has 0 amide bonds. The van der Waals surface area contributed by atoms with Crippen molar-refractivity contribution in [3.8, 4) is 0 Å². The van der Waals surface area contributed by atoms with E-state index in [2.05, 4.69) is 4.90 Å². The number of morpholine rings is 1. The van der Waals surface area contributed by atoms with Crippen LogP contribution in [0.25, 0.3) is 0 Å². The Morgan fingerprint density at radius 1 is 0.875 bits per heavy atom. The SMILES string of the molecule is O=C1CN(C2(C3CCCCCCC3)CCCCCCC2=O)CCO1. The number of ketones is 1. The van der Waals surface area contributed by atoms with Gasteiger partial charge in [-0.1, -0.05) is 51.4 Å². The first kappa shape index (κ1) is 17.9. The third kappa shape index (κ3) is 3.84. The van der Waals surface area contributed by atoms with Gasteiger partial charge in [0, 0.05) is 13.0 Å². The number of hydrogen-bond donors (Lipinski definition) is 0. The van der Waals surface area contributed by atoms with E-state index in [1.54, 1.807) is 0 Å². The molecule has 4 nitrogen and oxygen atoms in total. The van der Waals surface area contributed by atoms with Crippen molar-refractivity contribution in [1.82, 2.24) is 4.90 Å². The molecule has 0 spiro atoms. The molecular weight excluding hydrogens is 302 g/mol. The molecule has 1 aliphatic heterocycles. The molecule has 0 aromatic heterocycles. The van der Waals surface area contributed by atoms with Crippen molar-refractivity contribution in [1.29, 1.82) is 0 Å². The topological polar surface area (TPSA) is 46.6 Å². The van der Waals surface area contributed by atoms with Gasteiger partial charge in [0.05, 0.1) is 12.1 Å². The quantitative estimate of drug-likeness (QED) is 0.719. The molecule has 136 valence electrons. The van der Waals surface area contributed by atoms with Crippen LogP contribution >= 0.6 is 0 Å². The number of carbonyl (C=O) groups is 2. The van der Waals surface area contributed by atoms with Gasteiger partial charge in [-0.05, 0) is 31.6 Å². The highest BCUT2D eigenvalue weighted by atomic mass is 16.5. The van der Waals surface area contributed by atoms with Gasteiger partial charge in [0.2, 0.25) is 0 Å². The van der Waals surface area contributed by atoms with Gasteiger partial charge in [-0.15, -0.1) is 0 Å². The van der Waals surface area contributed by atoms with Crippen molar-refractivity contribution in [2.24, 2.45) is 5.92 Å². The van der Waals surface area contributed by atoms with Gasteiger partial charge in [-0.3, -0.25) is 14.5 Å². The van der Waals surface area contributed by atoms with E-state index < -0.39 is 5.54 Å². The number of esters is 1. The first-order chi connectivity index (χ1) is 11.7.